The number of unbranched alkanes of at least 4 members (excludes halogenated alkanes) is 1. The number of nitrogens with zero attached hydrogens (tertiary/aromatic N) is 4. The van der Waals surface area contributed by atoms with Crippen LogP contribution in [0.3, 0.4) is 0 Å². The van der Waals surface area contributed by atoms with Gasteiger partial charge in [0.15, 0.2) is 0 Å². The Kier molecular flexibility index (Phi) is 6.68. The van der Waals surface area contributed by atoms with Crippen LogP contribution in [0.25, 0.3) is 21.8 Å². The van der Waals surface area contributed by atoms with E-state index in [0.717, 1.165) is 61.1 Å². The number of hydrogen-bond donors (Lipinski definition) is 1. The van der Waals surface area contributed by atoms with Crippen molar-refractivity contribution in [3.05, 3.63) is 39.8 Å². The third-order valence-electron chi connectivity index (χ3n) is 7.73. The minimum absolute atomic E-state index is 0.0652. The average molecular weight is 480 g/mol. The Morgan fingerprint density at radius 1 is 1.14 bits per heavy atom. The highest BCUT2D eigenvalue weighted by atomic mass is 16.5. The number of carbonyl (C=O) groups excluding carboxylic acids is 1. The molecule has 2 aromatic heterocycles. The van der Waals surface area contributed by atoms with E-state index in [1.54, 1.807) is 13.3 Å². The summed E-state index contributed by atoms with van der Waals surface area (Å²) in [6.45, 7) is 10.5. The summed E-state index contributed by atoms with van der Waals surface area (Å²) in [5.41, 5.74) is 3.06. The van der Waals surface area contributed by atoms with Crippen molar-refractivity contribution in [3.8, 4) is 0 Å². The van der Waals surface area contributed by atoms with Crippen LogP contribution in [0.1, 0.15) is 55.5 Å². The van der Waals surface area contributed by atoms with Crippen LogP contribution in [0.15, 0.2) is 23.1 Å². The summed E-state index contributed by atoms with van der Waals surface area (Å²) in [7, 11) is 1.74. The number of pyridine rings is 1. The van der Waals surface area contributed by atoms with Crippen LogP contribution >= 0.6 is 0 Å². The molecule has 1 aliphatic heterocycles. The number of nitrogens with one attached hydrogen (secondary N) is 1. The van der Waals surface area contributed by atoms with Crippen LogP contribution in [-0.2, 0) is 11.3 Å². The van der Waals surface area contributed by atoms with Crippen LogP contribution in [0.5, 0.6) is 0 Å². The van der Waals surface area contributed by atoms with Crippen LogP contribution < -0.4 is 5.56 Å². The molecule has 5 rings (SSSR count). The molecular formula is C27H37N5O3. The molecule has 2 aliphatic rings. The van der Waals surface area contributed by atoms with Crippen molar-refractivity contribution in [2.45, 2.75) is 65.1 Å². The molecule has 2 atom stereocenters. The van der Waals surface area contributed by atoms with E-state index in [1.165, 1.54) is 12.8 Å². The molecule has 1 N–H and O–H groups in total. The van der Waals surface area contributed by atoms with Crippen LogP contribution in [0, 0.1) is 12.8 Å². The molecule has 8 heteroatoms. The number of H-pyrrole nitrogens is 1. The minimum atomic E-state index is -0.128. The second kappa shape index (κ2) is 9.74. The van der Waals surface area contributed by atoms with Gasteiger partial charge in [-0.3, -0.25) is 19.2 Å². The van der Waals surface area contributed by atoms with Gasteiger partial charge >= 0.3 is 0 Å². The van der Waals surface area contributed by atoms with Crippen molar-refractivity contribution in [2.24, 2.45) is 5.92 Å². The highest BCUT2D eigenvalue weighted by Crippen LogP contribution is 2.33. The van der Waals surface area contributed by atoms with Crippen LogP contribution in [-0.4, -0.2) is 75.9 Å². The van der Waals surface area contributed by atoms with Crippen LogP contribution in [0.2, 0.25) is 0 Å². The maximum Gasteiger partial charge on any atom is 0.259 e. The second-order valence-corrected chi connectivity index (χ2v) is 10.5. The van der Waals surface area contributed by atoms with Gasteiger partial charge in [-0.05, 0) is 76.6 Å². The van der Waals surface area contributed by atoms with E-state index in [1.807, 2.05) is 28.6 Å². The van der Waals surface area contributed by atoms with E-state index in [-0.39, 0.29) is 17.5 Å². The normalized spacial score (nSPS) is 21.3. The third-order valence-corrected chi connectivity index (χ3v) is 7.73. The summed E-state index contributed by atoms with van der Waals surface area (Å²) >= 11 is 0. The summed E-state index contributed by atoms with van der Waals surface area (Å²) in [5.74, 6) is 0.697. The lowest BCUT2D eigenvalue weighted by atomic mass is 10.00. The fraction of sp³-hybridized carbons (Fsp3) is 0.593. The summed E-state index contributed by atoms with van der Waals surface area (Å²) < 4.78 is 7.14. The monoisotopic (exact) mass is 479 g/mol. The van der Waals surface area contributed by atoms with Gasteiger partial charge in [-0.25, -0.2) is 0 Å². The Morgan fingerprint density at radius 3 is 2.69 bits per heavy atom. The molecule has 0 unspecified atom stereocenters. The zero-order valence-electron chi connectivity index (χ0n) is 21.3. The molecule has 35 heavy (non-hydrogen) atoms. The number of benzene rings is 1. The molecule has 8 nitrogen and oxygen atoms in total. The first-order chi connectivity index (χ1) is 16.9. The topological polar surface area (TPSA) is 83.5 Å². The number of ether oxygens (including phenoxy) is 1. The Bertz CT molecular complexity index is 1290. The van der Waals surface area contributed by atoms with E-state index < -0.39 is 0 Å². The number of aromatic nitrogens is 3. The number of fused-ring (bicyclic) bond motifs is 3. The first-order valence-corrected chi connectivity index (χ1v) is 12.9. The second-order valence-electron chi connectivity index (χ2n) is 10.5. The first-order valence-electron chi connectivity index (χ1n) is 12.9. The van der Waals surface area contributed by atoms with Crippen molar-refractivity contribution in [1.29, 1.82) is 0 Å². The highest BCUT2D eigenvalue weighted by Gasteiger charge is 2.33. The van der Waals surface area contributed by atoms with Gasteiger partial charge in [0.25, 0.3) is 11.5 Å². The molecule has 0 bridgehead atoms. The van der Waals surface area contributed by atoms with E-state index >= 15 is 0 Å². The Balaban J connectivity index is 1.44. The molecule has 1 saturated heterocycles. The SMILES string of the molecule is COCCCCN1C[C@H](C)N(C(=O)c2cc3c(cc2C)[nH]c(=O)c2cnn(CC4CC4)c23)C[C@H]1C. The number of carbonyl (C=O) groups is 1. The van der Waals surface area contributed by atoms with Gasteiger partial charge in [0.05, 0.1) is 22.6 Å². The molecule has 188 valence electrons. The molecule has 0 spiro atoms. The van der Waals surface area contributed by atoms with Gasteiger partial charge < -0.3 is 14.6 Å². The largest absolute Gasteiger partial charge is 0.385 e. The molecule has 1 aromatic carbocycles. The maximum atomic E-state index is 13.8. The molecule has 0 radical (unpaired) electrons. The fourth-order valence-electron chi connectivity index (χ4n) is 5.46. The molecular weight excluding hydrogens is 442 g/mol. The quantitative estimate of drug-likeness (QED) is 0.500. The number of rotatable bonds is 8. The molecule has 2 fully saturated rings. The van der Waals surface area contributed by atoms with Gasteiger partial charge in [0, 0.05) is 56.4 Å². The summed E-state index contributed by atoms with van der Waals surface area (Å²) in [6, 6.07) is 4.36. The number of hydrogen-bond acceptors (Lipinski definition) is 5. The van der Waals surface area contributed by atoms with E-state index in [0.29, 0.717) is 29.5 Å². The lowest BCUT2D eigenvalue weighted by Crippen LogP contribution is -2.58. The molecule has 3 aromatic rings. The van der Waals surface area contributed by atoms with Crippen molar-refractivity contribution >= 4 is 27.7 Å². The van der Waals surface area contributed by atoms with Gasteiger partial charge in [0.2, 0.25) is 0 Å². The highest BCUT2D eigenvalue weighted by molar-refractivity contribution is 6.07. The predicted octanol–water partition coefficient (Wildman–Crippen LogP) is 3.56. The molecule has 1 amide bonds. The van der Waals surface area contributed by atoms with Crippen molar-refractivity contribution in [2.75, 3.05) is 33.4 Å². The predicted molar refractivity (Wildman–Crippen MR) is 138 cm³/mol. The zero-order chi connectivity index (χ0) is 24.7. The van der Waals surface area contributed by atoms with E-state index in [9.17, 15) is 9.59 Å². The molecule has 1 saturated carbocycles. The number of piperazine rings is 1. The summed E-state index contributed by atoms with van der Waals surface area (Å²) in [4.78, 5) is 34.1. The summed E-state index contributed by atoms with van der Waals surface area (Å²) in [5, 5.41) is 6.01. The molecule has 1 aliphatic carbocycles. The van der Waals surface area contributed by atoms with Crippen molar-refractivity contribution in [3.63, 3.8) is 0 Å². The van der Waals surface area contributed by atoms with Gasteiger partial charge in [-0.1, -0.05) is 0 Å². The van der Waals surface area contributed by atoms with Gasteiger partial charge in [0.1, 0.15) is 0 Å². The van der Waals surface area contributed by atoms with Gasteiger partial charge in [-0.15, -0.1) is 0 Å². The van der Waals surface area contributed by atoms with Crippen molar-refractivity contribution in [1.82, 2.24) is 24.6 Å². The maximum absolute atomic E-state index is 13.8. The zero-order valence-corrected chi connectivity index (χ0v) is 21.3. The van der Waals surface area contributed by atoms with Crippen molar-refractivity contribution < 1.29 is 9.53 Å². The van der Waals surface area contributed by atoms with Gasteiger partial charge in [-0.2, -0.15) is 5.10 Å². The Labute approximate surface area is 206 Å². The number of amides is 1. The first kappa shape index (κ1) is 24.0. The minimum Gasteiger partial charge on any atom is -0.385 e. The number of methoxy groups -OCH3 is 1. The van der Waals surface area contributed by atoms with E-state index in [4.69, 9.17) is 4.74 Å². The summed E-state index contributed by atoms with van der Waals surface area (Å²) in [6.07, 6.45) is 6.23. The standard InChI is InChI=1S/C27H37N5O3/c1-17-11-24-22(25-23(26(33)29-24)13-28-32(25)16-20-7-8-20)12-21(17)27(34)31-15-18(2)30(14-19(31)3)9-5-6-10-35-4/h11-13,18-20H,5-10,14-16H2,1-4H3,(H,29,33)/t18-,19+/m1/s1. The Hall–Kier alpha value is -2.71. The number of aryl methyl sites for hydroxylation is 1. The lowest BCUT2D eigenvalue weighted by Gasteiger charge is -2.44. The Morgan fingerprint density at radius 2 is 1.94 bits per heavy atom. The average Bonchev–Trinajstić information content (AvgIpc) is 3.54. The molecule has 3 heterocycles. The lowest BCUT2D eigenvalue weighted by molar-refractivity contribution is 0.0306. The smallest absolute Gasteiger partial charge is 0.259 e. The fourth-order valence-corrected chi connectivity index (χ4v) is 5.46. The third kappa shape index (κ3) is 4.74. The van der Waals surface area contributed by atoms with Crippen LogP contribution in [0.4, 0.5) is 0 Å². The number of aromatic amines is 1. The van der Waals surface area contributed by atoms with E-state index in [2.05, 4.69) is 28.8 Å².